The van der Waals surface area contributed by atoms with E-state index in [1.165, 1.54) is 0 Å². The molecule has 0 spiro atoms. The highest BCUT2D eigenvalue weighted by Gasteiger charge is 2.04. The first-order chi connectivity index (χ1) is 14.9. The average Bonchev–Trinajstić information content (AvgIpc) is 2.70. The second-order valence-corrected chi connectivity index (χ2v) is 5.60. The van der Waals surface area contributed by atoms with Crippen LogP contribution in [-0.2, 0) is 47.6 Å². The minimum Gasteiger partial charge on any atom is -0.480 e. The van der Waals surface area contributed by atoms with Gasteiger partial charge in [-0.15, -0.1) is 0 Å². The van der Waals surface area contributed by atoms with E-state index in [1.54, 1.807) is 0 Å². The maximum Gasteiger partial charge on any atom is 0.329 e. The quantitative estimate of drug-likeness (QED) is 0.0991. The first kappa shape index (κ1) is 28.6. The van der Waals surface area contributed by atoms with E-state index in [4.69, 9.17) is 38.6 Å². The number of carbonyl (C=O) groups excluding carboxylic acids is 2. The molecule has 0 radical (unpaired) electrons. The van der Waals surface area contributed by atoms with Crippen molar-refractivity contribution in [3.05, 3.63) is 0 Å². The van der Waals surface area contributed by atoms with Gasteiger partial charge < -0.3 is 49.3 Å². The van der Waals surface area contributed by atoms with Gasteiger partial charge in [-0.1, -0.05) is 0 Å². The molecular formula is C17H30N2O12. The number of ether oxygens (including phenoxy) is 6. The van der Waals surface area contributed by atoms with E-state index in [0.29, 0.717) is 0 Å². The molecule has 180 valence electrons. The number of carboxylic acids is 2. The Labute approximate surface area is 179 Å². The number of hydrogen-bond acceptors (Lipinski definition) is 10. The molecule has 0 atom stereocenters. The Kier molecular flexibility index (Phi) is 19.3. The summed E-state index contributed by atoms with van der Waals surface area (Å²) in [5.41, 5.74) is 0. The zero-order valence-corrected chi connectivity index (χ0v) is 17.2. The van der Waals surface area contributed by atoms with Crippen LogP contribution in [0.15, 0.2) is 0 Å². The Morgan fingerprint density at radius 1 is 0.484 bits per heavy atom. The second kappa shape index (κ2) is 20.9. The molecule has 0 bridgehead atoms. The largest absolute Gasteiger partial charge is 0.480 e. The van der Waals surface area contributed by atoms with E-state index in [9.17, 15) is 19.2 Å². The number of hydrogen-bond donors (Lipinski definition) is 4. The van der Waals surface area contributed by atoms with E-state index < -0.39 is 23.8 Å². The minimum atomic E-state index is -1.05. The van der Waals surface area contributed by atoms with Crippen LogP contribution in [0.5, 0.6) is 0 Å². The first-order valence-corrected chi connectivity index (χ1v) is 9.35. The lowest BCUT2D eigenvalue weighted by Crippen LogP contribution is -2.40. The van der Waals surface area contributed by atoms with Crippen molar-refractivity contribution < 1.29 is 57.8 Å². The fourth-order valence-corrected chi connectivity index (χ4v) is 1.67. The SMILES string of the molecule is O=C(O)COCCOCCOCC(=O)NCNC(=O)COCCOCCOCC(=O)O. The van der Waals surface area contributed by atoms with Crippen LogP contribution in [0.4, 0.5) is 0 Å². The molecule has 14 heteroatoms. The molecule has 0 unspecified atom stereocenters. The Balaban J connectivity index is 3.35. The van der Waals surface area contributed by atoms with Gasteiger partial charge in [-0.25, -0.2) is 9.59 Å². The topological polar surface area (TPSA) is 188 Å². The minimum absolute atomic E-state index is 0.0841. The standard InChI is InChI=1S/C17H30N2O12/c20-14(9-28-5-1-26-3-7-30-11-16(22)23)18-13-19-15(21)10-29-6-2-27-4-8-31-12-17(24)25/h1-13H2,(H,18,20)(H,19,21)(H,22,23)(H,24,25). The van der Waals surface area contributed by atoms with Crippen molar-refractivity contribution in [3.63, 3.8) is 0 Å². The highest BCUT2D eigenvalue weighted by atomic mass is 16.6. The van der Waals surface area contributed by atoms with Crippen molar-refractivity contribution in [1.82, 2.24) is 10.6 Å². The van der Waals surface area contributed by atoms with E-state index in [2.05, 4.69) is 10.6 Å². The van der Waals surface area contributed by atoms with Crippen LogP contribution in [0.3, 0.4) is 0 Å². The maximum absolute atomic E-state index is 11.5. The van der Waals surface area contributed by atoms with Crippen LogP contribution in [0.1, 0.15) is 0 Å². The third-order valence-electron chi connectivity index (χ3n) is 2.98. The van der Waals surface area contributed by atoms with Gasteiger partial charge in [-0.05, 0) is 0 Å². The van der Waals surface area contributed by atoms with Gasteiger partial charge in [0, 0.05) is 0 Å². The van der Waals surface area contributed by atoms with Crippen molar-refractivity contribution in [2.75, 3.05) is 86.0 Å². The third kappa shape index (κ3) is 23.8. The maximum atomic E-state index is 11.5. The average molecular weight is 454 g/mol. The lowest BCUT2D eigenvalue weighted by molar-refractivity contribution is -0.143. The zero-order valence-electron chi connectivity index (χ0n) is 17.2. The molecule has 4 N–H and O–H groups in total. The van der Waals surface area contributed by atoms with Gasteiger partial charge in [0.25, 0.3) is 0 Å². The molecule has 0 aliphatic carbocycles. The molecule has 0 saturated carbocycles. The van der Waals surface area contributed by atoms with Crippen molar-refractivity contribution in [3.8, 4) is 0 Å². The molecule has 14 nitrogen and oxygen atoms in total. The Morgan fingerprint density at radius 2 is 0.774 bits per heavy atom. The van der Waals surface area contributed by atoms with E-state index >= 15 is 0 Å². The molecule has 0 rings (SSSR count). The summed E-state index contributed by atoms with van der Waals surface area (Å²) in [4.78, 5) is 43.4. The Bertz CT molecular complexity index is 473. The van der Waals surface area contributed by atoms with Crippen LogP contribution in [0, 0.1) is 0 Å². The van der Waals surface area contributed by atoms with Gasteiger partial charge in [0.15, 0.2) is 0 Å². The van der Waals surface area contributed by atoms with Gasteiger partial charge in [0.05, 0.1) is 59.5 Å². The molecule has 0 aromatic rings. The third-order valence-corrected chi connectivity index (χ3v) is 2.98. The molecule has 0 aliphatic rings. The summed E-state index contributed by atoms with van der Waals surface area (Å²) in [6, 6.07) is 0. The molecule has 0 aromatic carbocycles. The Morgan fingerprint density at radius 3 is 1.10 bits per heavy atom. The zero-order chi connectivity index (χ0) is 23.2. The van der Waals surface area contributed by atoms with Crippen molar-refractivity contribution >= 4 is 23.8 Å². The van der Waals surface area contributed by atoms with Crippen LogP contribution < -0.4 is 10.6 Å². The second-order valence-electron chi connectivity index (χ2n) is 5.60. The fraction of sp³-hybridized carbons (Fsp3) is 0.765. The van der Waals surface area contributed by atoms with Gasteiger partial charge in [0.1, 0.15) is 26.4 Å². The summed E-state index contributed by atoms with van der Waals surface area (Å²) in [6.07, 6.45) is 0. The number of carboxylic acid groups (broad SMARTS) is 2. The first-order valence-electron chi connectivity index (χ1n) is 9.35. The van der Waals surface area contributed by atoms with Crippen LogP contribution >= 0.6 is 0 Å². The number of nitrogens with one attached hydrogen (secondary N) is 2. The number of carbonyl (C=O) groups is 4. The van der Waals surface area contributed by atoms with Gasteiger partial charge in [-0.3, -0.25) is 9.59 Å². The van der Waals surface area contributed by atoms with Crippen molar-refractivity contribution in [2.24, 2.45) is 0 Å². The lowest BCUT2D eigenvalue weighted by Gasteiger charge is -2.09. The Hall–Kier alpha value is -2.36. The van der Waals surface area contributed by atoms with Crippen LogP contribution in [0.2, 0.25) is 0 Å². The molecule has 0 heterocycles. The molecule has 0 aromatic heterocycles. The van der Waals surface area contributed by atoms with Gasteiger partial charge in [0.2, 0.25) is 11.8 Å². The van der Waals surface area contributed by atoms with Crippen LogP contribution in [-0.4, -0.2) is 120 Å². The molecule has 0 aliphatic heterocycles. The van der Waals surface area contributed by atoms with E-state index in [0.717, 1.165) is 0 Å². The summed E-state index contributed by atoms with van der Waals surface area (Å²) in [5, 5.41) is 21.6. The van der Waals surface area contributed by atoms with Crippen molar-refractivity contribution in [2.45, 2.75) is 0 Å². The molecule has 2 amide bonds. The summed E-state index contributed by atoms with van der Waals surface area (Å²) < 4.78 is 29.9. The normalized spacial score (nSPS) is 10.6. The monoisotopic (exact) mass is 454 g/mol. The summed E-state index contributed by atoms with van der Waals surface area (Å²) >= 11 is 0. The fourth-order valence-electron chi connectivity index (χ4n) is 1.67. The molecular weight excluding hydrogens is 424 g/mol. The summed E-state index contributed by atoms with van der Waals surface area (Å²) in [5.74, 6) is -2.96. The molecule has 0 saturated heterocycles. The number of aliphatic carboxylic acids is 2. The summed E-state index contributed by atoms with van der Waals surface area (Å²) in [6.45, 7) is 0.216. The molecule has 31 heavy (non-hydrogen) atoms. The van der Waals surface area contributed by atoms with E-state index in [1.807, 2.05) is 0 Å². The van der Waals surface area contributed by atoms with Gasteiger partial charge in [-0.2, -0.15) is 0 Å². The van der Waals surface area contributed by atoms with Crippen molar-refractivity contribution in [1.29, 1.82) is 0 Å². The summed E-state index contributed by atoms with van der Waals surface area (Å²) in [7, 11) is 0. The highest BCUT2D eigenvalue weighted by molar-refractivity contribution is 5.79. The molecule has 0 fully saturated rings. The number of rotatable bonds is 22. The predicted octanol–water partition coefficient (Wildman–Crippen LogP) is -2.55. The van der Waals surface area contributed by atoms with Crippen LogP contribution in [0.25, 0.3) is 0 Å². The number of amides is 2. The predicted molar refractivity (Wildman–Crippen MR) is 101 cm³/mol. The highest BCUT2D eigenvalue weighted by Crippen LogP contribution is 1.83. The van der Waals surface area contributed by atoms with E-state index in [-0.39, 0.29) is 86.0 Å². The smallest absolute Gasteiger partial charge is 0.329 e. The van der Waals surface area contributed by atoms with Gasteiger partial charge >= 0.3 is 11.9 Å². The lowest BCUT2D eigenvalue weighted by atomic mass is 10.6.